The van der Waals surface area contributed by atoms with Crippen molar-refractivity contribution in [1.82, 2.24) is 16.0 Å². The van der Waals surface area contributed by atoms with E-state index in [1.54, 1.807) is 64.1 Å². The summed E-state index contributed by atoms with van der Waals surface area (Å²) in [5.74, 6) is -3.34. The maximum absolute atomic E-state index is 13.3. The second-order valence-electron chi connectivity index (χ2n) is 18.8. The van der Waals surface area contributed by atoms with Crippen molar-refractivity contribution in [3.8, 4) is 22.3 Å². The summed E-state index contributed by atoms with van der Waals surface area (Å²) in [6.07, 6.45) is -0.944. The van der Waals surface area contributed by atoms with E-state index in [0.717, 1.165) is 33.4 Å². The summed E-state index contributed by atoms with van der Waals surface area (Å²) in [5.41, 5.74) is 9.70. The lowest BCUT2D eigenvalue weighted by atomic mass is 10.0. The third kappa shape index (κ3) is 24.0. The quantitative estimate of drug-likeness (QED) is 0.0393. The minimum atomic E-state index is -1.19. The van der Waals surface area contributed by atoms with Crippen molar-refractivity contribution in [2.45, 2.75) is 103 Å². The summed E-state index contributed by atoms with van der Waals surface area (Å²) in [5, 5.41) is 8.22. The predicted molar refractivity (Wildman–Crippen MR) is 341 cm³/mol. The van der Waals surface area contributed by atoms with Gasteiger partial charge in [0.1, 0.15) is 36.7 Å². The van der Waals surface area contributed by atoms with Crippen LogP contribution < -0.4 is 21.7 Å². The van der Waals surface area contributed by atoms with Gasteiger partial charge in [-0.15, -0.1) is 0 Å². The highest BCUT2D eigenvalue weighted by atomic mass is 35.5. The number of ether oxygens (including phenoxy) is 3. The van der Waals surface area contributed by atoms with Crippen molar-refractivity contribution in [3.63, 3.8) is 0 Å². The van der Waals surface area contributed by atoms with E-state index < -0.39 is 59.6 Å². The van der Waals surface area contributed by atoms with Gasteiger partial charge in [-0.3, -0.25) is 19.2 Å². The number of carbonyl (C=O) groups is 7. The Bertz CT molecular complexity index is 2970. The fraction of sp³-hybridized carbons (Fsp3) is 0.271. The SMILES string of the molecule is C[C@H](N)C(=O)CC[C@H](NC(=O)c1c(Cl)cc(-c2ccccc2)cc1Cl)C(=O)OCc1ccccc1.C[C@H](NC(=O)OC(C)(C)C)C(=O)CC[C@H](NC(=O)c1c(Cl)cc(-c2ccccc2)cc1Cl)C(=O)OCc1ccccc1.S.S.S.S. The molecule has 22 heteroatoms. The number of ketones is 2. The molecule has 0 spiro atoms. The zero-order valence-electron chi connectivity index (χ0n) is 45.1. The normalized spacial score (nSPS) is 11.9. The molecule has 5 N–H and O–H groups in total. The molecule has 81 heavy (non-hydrogen) atoms. The Hall–Kier alpha value is -5.67. The molecule has 3 amide bonds. The maximum Gasteiger partial charge on any atom is 0.408 e. The lowest BCUT2D eigenvalue weighted by molar-refractivity contribution is -0.148. The molecule has 6 rings (SSSR count). The summed E-state index contributed by atoms with van der Waals surface area (Å²) in [6, 6.07) is 39.7. The van der Waals surface area contributed by atoms with E-state index in [1.807, 2.05) is 109 Å². The Morgan fingerprint density at radius 2 is 0.802 bits per heavy atom. The van der Waals surface area contributed by atoms with Crippen LogP contribution in [-0.4, -0.2) is 71.2 Å². The van der Waals surface area contributed by atoms with Gasteiger partial charge in [-0.05, 0) is 105 Å². The molecule has 436 valence electrons. The zero-order chi connectivity index (χ0) is 56.2. The second-order valence-corrected chi connectivity index (χ2v) is 20.4. The van der Waals surface area contributed by atoms with Gasteiger partial charge in [0.15, 0.2) is 5.78 Å². The van der Waals surface area contributed by atoms with Crippen LogP contribution in [-0.2, 0) is 46.6 Å². The molecule has 0 radical (unpaired) electrons. The molecule has 0 aromatic heterocycles. The van der Waals surface area contributed by atoms with Crippen LogP contribution >= 0.6 is 100 Å². The van der Waals surface area contributed by atoms with Gasteiger partial charge in [-0.1, -0.05) is 168 Å². The first-order valence-electron chi connectivity index (χ1n) is 24.5. The van der Waals surface area contributed by atoms with Gasteiger partial charge in [0.2, 0.25) is 0 Å². The molecule has 6 aromatic rings. The summed E-state index contributed by atoms with van der Waals surface area (Å²) < 4.78 is 16.0. The van der Waals surface area contributed by atoms with Crippen molar-refractivity contribution in [1.29, 1.82) is 0 Å². The number of carbonyl (C=O) groups excluding carboxylic acids is 7. The lowest BCUT2D eigenvalue weighted by Crippen LogP contribution is -2.44. The number of Topliss-reactive ketones (excluding diaryl/α,β-unsaturated/α-hetero) is 2. The van der Waals surface area contributed by atoms with E-state index in [1.165, 1.54) is 6.92 Å². The Morgan fingerprint density at radius 1 is 0.481 bits per heavy atom. The Balaban J connectivity index is 0.000000783. The summed E-state index contributed by atoms with van der Waals surface area (Å²) in [4.78, 5) is 89.3. The van der Waals surface area contributed by atoms with Crippen LogP contribution in [0.5, 0.6) is 0 Å². The number of rotatable bonds is 21. The van der Waals surface area contributed by atoms with Crippen LogP contribution in [0.4, 0.5) is 4.79 Å². The van der Waals surface area contributed by atoms with E-state index in [4.69, 9.17) is 66.3 Å². The molecule has 0 bridgehead atoms. The molecule has 0 saturated carbocycles. The van der Waals surface area contributed by atoms with Gasteiger partial charge in [-0.25, -0.2) is 14.4 Å². The molecule has 4 atom stereocenters. The van der Waals surface area contributed by atoms with E-state index in [2.05, 4.69) is 16.0 Å². The molecule has 0 aliphatic carbocycles. The van der Waals surface area contributed by atoms with Gasteiger partial charge < -0.3 is 35.9 Å². The van der Waals surface area contributed by atoms with Crippen molar-refractivity contribution < 1.29 is 47.8 Å². The molecule has 0 fully saturated rings. The smallest absolute Gasteiger partial charge is 0.408 e. The number of amides is 3. The third-order valence-electron chi connectivity index (χ3n) is 11.5. The van der Waals surface area contributed by atoms with Crippen LogP contribution in [0.1, 0.15) is 92.1 Å². The molecule has 6 aromatic carbocycles. The van der Waals surface area contributed by atoms with Gasteiger partial charge >= 0.3 is 18.0 Å². The van der Waals surface area contributed by atoms with E-state index in [0.29, 0.717) is 0 Å². The highest BCUT2D eigenvalue weighted by Gasteiger charge is 2.30. The number of benzene rings is 6. The fourth-order valence-corrected chi connectivity index (χ4v) is 8.69. The number of esters is 2. The van der Waals surface area contributed by atoms with Crippen LogP contribution in [0.25, 0.3) is 22.3 Å². The summed E-state index contributed by atoms with van der Waals surface area (Å²) in [7, 11) is 0. The molecule has 0 unspecified atom stereocenters. The van der Waals surface area contributed by atoms with Crippen molar-refractivity contribution in [2.75, 3.05) is 0 Å². The van der Waals surface area contributed by atoms with Crippen molar-refractivity contribution in [3.05, 3.63) is 188 Å². The van der Waals surface area contributed by atoms with Crippen LogP contribution in [0.3, 0.4) is 0 Å². The first-order chi connectivity index (χ1) is 36.6. The van der Waals surface area contributed by atoms with Crippen molar-refractivity contribution >= 4 is 142 Å². The van der Waals surface area contributed by atoms with Crippen LogP contribution in [0, 0.1) is 0 Å². The largest absolute Gasteiger partial charge is 0.459 e. The van der Waals surface area contributed by atoms with Crippen LogP contribution in [0.15, 0.2) is 146 Å². The van der Waals surface area contributed by atoms with E-state index in [-0.39, 0.29) is 136 Å². The minimum absolute atomic E-state index is 0. The Labute approximate surface area is 521 Å². The number of halogens is 4. The minimum Gasteiger partial charge on any atom is -0.459 e. The number of hydrogen-bond donors (Lipinski definition) is 4. The molecular formula is C59H68Cl4N4O10S4. The highest BCUT2D eigenvalue weighted by Crippen LogP contribution is 2.33. The molecular weight excluding hydrogens is 1190 g/mol. The summed E-state index contributed by atoms with van der Waals surface area (Å²) >= 11 is 25.8. The molecule has 0 aliphatic rings. The maximum atomic E-state index is 13.3. The second kappa shape index (κ2) is 36.0. The monoisotopic (exact) mass is 1260 g/mol. The number of nitrogens with two attached hydrogens (primary N) is 1. The average molecular weight is 1260 g/mol. The van der Waals surface area contributed by atoms with Crippen molar-refractivity contribution in [2.24, 2.45) is 5.73 Å². The molecule has 0 heterocycles. The standard InChI is InChI=1S/C32H34Cl2N2O6.C27H26Cl2N2O4.4H2S/c1-20(35-31(40)42-32(2,3)4)27(37)16-15-26(30(39)41-19-21-11-7-5-8-12-21)36-29(38)28-24(33)17-23(18-25(28)34)22-13-9-6-10-14-22;1-17(30)24(32)13-12-23(27(34)35-16-18-8-4-2-5-9-18)31-26(33)25-21(28)14-20(15-22(25)29)19-10-6-3-7-11-19;;;;/h5-14,17-18,20,26H,15-16,19H2,1-4H3,(H,35,40)(H,36,38);2-11,14-15,17,23H,12-13,16,30H2,1H3,(H,31,33);4*1H2/t20-,26-;17-,23-;;;;/m00..../s1. The Kier molecular flexibility index (Phi) is 32.6. The first-order valence-corrected chi connectivity index (χ1v) is 26.0. The van der Waals surface area contributed by atoms with Gasteiger partial charge in [0.05, 0.1) is 43.3 Å². The summed E-state index contributed by atoms with van der Waals surface area (Å²) in [6.45, 7) is 8.21. The Morgan fingerprint density at radius 3 is 1.12 bits per heavy atom. The number of nitrogens with one attached hydrogen (secondary N) is 3. The average Bonchev–Trinajstić information content (AvgIpc) is 3.39. The van der Waals surface area contributed by atoms with Gasteiger partial charge in [0.25, 0.3) is 11.8 Å². The first kappa shape index (κ1) is 73.3. The predicted octanol–water partition coefficient (Wildman–Crippen LogP) is 12.4. The third-order valence-corrected chi connectivity index (χ3v) is 12.7. The molecule has 14 nitrogen and oxygen atoms in total. The number of hydrogen-bond acceptors (Lipinski definition) is 11. The topological polar surface area (TPSA) is 209 Å². The number of alkyl carbamates (subject to hydrolysis) is 1. The van der Waals surface area contributed by atoms with E-state index in [9.17, 15) is 33.6 Å². The lowest BCUT2D eigenvalue weighted by Gasteiger charge is -2.22. The van der Waals surface area contributed by atoms with Gasteiger partial charge in [0, 0.05) is 12.8 Å². The molecule has 0 aliphatic heterocycles. The molecule has 0 saturated heterocycles. The van der Waals surface area contributed by atoms with Gasteiger partial charge in [-0.2, -0.15) is 54.0 Å². The fourth-order valence-electron chi connectivity index (χ4n) is 7.37. The van der Waals surface area contributed by atoms with Crippen LogP contribution in [0.2, 0.25) is 20.1 Å². The highest BCUT2D eigenvalue weighted by molar-refractivity contribution is 7.59. The zero-order valence-corrected chi connectivity index (χ0v) is 52.1. The van der Waals surface area contributed by atoms with E-state index >= 15 is 0 Å².